The van der Waals surface area contributed by atoms with E-state index in [4.69, 9.17) is 4.74 Å². The molecule has 0 saturated heterocycles. The molecule has 2 aromatic rings. The minimum atomic E-state index is -2.94. The Morgan fingerprint density at radius 2 is 1.85 bits per heavy atom. The topological polar surface area (TPSA) is 92.2 Å². The van der Waals surface area contributed by atoms with E-state index < -0.39 is 18.4 Å². The SMILES string of the molecule is COC(=O)c1c(C)[nH]c(C(=O)/C(C#N)=C/c2ccc(OC(F)F)cc2)c1C. The first-order chi connectivity index (χ1) is 12.8. The molecule has 0 aliphatic carbocycles. The van der Waals surface area contributed by atoms with Crippen molar-refractivity contribution in [3.63, 3.8) is 0 Å². The second kappa shape index (κ2) is 8.27. The lowest BCUT2D eigenvalue weighted by Gasteiger charge is -2.04. The van der Waals surface area contributed by atoms with E-state index in [1.165, 1.54) is 37.5 Å². The summed E-state index contributed by atoms with van der Waals surface area (Å²) in [5.74, 6) is -1.22. The van der Waals surface area contributed by atoms with Crippen molar-refractivity contribution < 1.29 is 27.8 Å². The summed E-state index contributed by atoms with van der Waals surface area (Å²) in [6.07, 6.45) is 1.32. The van der Waals surface area contributed by atoms with Crippen molar-refractivity contribution in [2.75, 3.05) is 7.11 Å². The van der Waals surface area contributed by atoms with Gasteiger partial charge in [0.1, 0.15) is 17.4 Å². The number of aromatic amines is 1. The Kier molecular flexibility index (Phi) is 6.08. The fourth-order valence-electron chi connectivity index (χ4n) is 2.58. The van der Waals surface area contributed by atoms with E-state index in [9.17, 15) is 23.6 Å². The quantitative estimate of drug-likeness (QED) is 0.359. The molecule has 1 aromatic carbocycles. The number of hydrogen-bond donors (Lipinski definition) is 1. The first-order valence-electron chi connectivity index (χ1n) is 7.77. The highest BCUT2D eigenvalue weighted by Gasteiger charge is 2.24. The van der Waals surface area contributed by atoms with Gasteiger partial charge in [-0.15, -0.1) is 0 Å². The third-order valence-electron chi connectivity index (χ3n) is 3.84. The van der Waals surface area contributed by atoms with Gasteiger partial charge in [-0.3, -0.25) is 4.79 Å². The normalized spacial score (nSPS) is 11.2. The second-order valence-corrected chi connectivity index (χ2v) is 5.56. The molecule has 0 aliphatic rings. The number of halogens is 2. The maximum absolute atomic E-state index is 12.7. The van der Waals surface area contributed by atoms with Crippen LogP contribution in [0.15, 0.2) is 29.8 Å². The number of nitriles is 1. The van der Waals surface area contributed by atoms with E-state index in [1.54, 1.807) is 13.8 Å². The highest BCUT2D eigenvalue weighted by Crippen LogP contribution is 2.23. The van der Waals surface area contributed by atoms with Crippen LogP contribution in [0.25, 0.3) is 6.08 Å². The Hall–Kier alpha value is -3.47. The van der Waals surface area contributed by atoms with Crippen LogP contribution in [0.4, 0.5) is 8.78 Å². The van der Waals surface area contributed by atoms with Gasteiger partial charge in [-0.2, -0.15) is 14.0 Å². The molecule has 0 atom stereocenters. The summed E-state index contributed by atoms with van der Waals surface area (Å²) >= 11 is 0. The number of methoxy groups -OCH3 is 1. The van der Waals surface area contributed by atoms with Crippen LogP contribution in [0.1, 0.15) is 37.7 Å². The third-order valence-corrected chi connectivity index (χ3v) is 3.84. The molecule has 27 heavy (non-hydrogen) atoms. The van der Waals surface area contributed by atoms with Crippen LogP contribution >= 0.6 is 0 Å². The number of hydrogen-bond acceptors (Lipinski definition) is 5. The number of ether oxygens (including phenoxy) is 2. The van der Waals surface area contributed by atoms with Crippen molar-refractivity contribution in [2.45, 2.75) is 20.5 Å². The molecular weight excluding hydrogens is 358 g/mol. The molecule has 0 amide bonds. The van der Waals surface area contributed by atoms with E-state index in [0.717, 1.165) is 0 Å². The highest BCUT2D eigenvalue weighted by atomic mass is 19.3. The van der Waals surface area contributed by atoms with Gasteiger partial charge in [-0.05, 0) is 43.2 Å². The third kappa shape index (κ3) is 4.39. The molecule has 0 bridgehead atoms. The lowest BCUT2D eigenvalue weighted by molar-refractivity contribution is -0.0498. The molecule has 1 N–H and O–H groups in total. The van der Waals surface area contributed by atoms with Crippen molar-refractivity contribution in [1.82, 2.24) is 4.98 Å². The molecule has 0 unspecified atom stereocenters. The summed E-state index contributed by atoms with van der Waals surface area (Å²) < 4.78 is 33.3. The highest BCUT2D eigenvalue weighted by molar-refractivity contribution is 6.15. The number of nitrogens with one attached hydrogen (secondary N) is 1. The van der Waals surface area contributed by atoms with Crippen LogP contribution in [-0.4, -0.2) is 30.5 Å². The minimum absolute atomic E-state index is 0.0365. The van der Waals surface area contributed by atoms with E-state index in [0.29, 0.717) is 16.8 Å². The maximum Gasteiger partial charge on any atom is 0.387 e. The largest absolute Gasteiger partial charge is 0.465 e. The van der Waals surface area contributed by atoms with Crippen molar-refractivity contribution in [3.05, 3.63) is 57.9 Å². The number of Topliss-reactive ketones (excluding diaryl/α,β-unsaturated/α-hetero) is 1. The van der Waals surface area contributed by atoms with Gasteiger partial charge in [0.05, 0.1) is 18.4 Å². The van der Waals surface area contributed by atoms with Gasteiger partial charge in [0.25, 0.3) is 0 Å². The number of carbonyl (C=O) groups is 2. The van der Waals surface area contributed by atoms with Gasteiger partial charge in [-0.1, -0.05) is 12.1 Å². The molecule has 140 valence electrons. The zero-order chi connectivity index (χ0) is 20.1. The Morgan fingerprint density at radius 3 is 2.37 bits per heavy atom. The fraction of sp³-hybridized carbons (Fsp3) is 0.211. The van der Waals surface area contributed by atoms with Crippen LogP contribution in [0, 0.1) is 25.2 Å². The Labute approximate surface area is 154 Å². The summed E-state index contributed by atoms with van der Waals surface area (Å²) in [5.41, 5.74) is 1.46. The fourth-order valence-corrected chi connectivity index (χ4v) is 2.58. The second-order valence-electron chi connectivity index (χ2n) is 5.56. The zero-order valence-corrected chi connectivity index (χ0v) is 14.8. The molecule has 0 spiro atoms. The standard InChI is InChI=1S/C19H16F2N2O4/c1-10-15(18(25)26-3)11(2)23-16(10)17(24)13(9-22)8-12-4-6-14(7-5-12)27-19(20)21/h4-8,19,23H,1-3H3/b13-8+. The predicted octanol–water partition coefficient (Wildman–Crippen LogP) is 3.81. The lowest BCUT2D eigenvalue weighted by Crippen LogP contribution is -2.06. The molecule has 6 nitrogen and oxygen atoms in total. The van der Waals surface area contributed by atoms with Crippen molar-refractivity contribution in [1.29, 1.82) is 5.26 Å². The van der Waals surface area contributed by atoms with Gasteiger partial charge < -0.3 is 14.5 Å². The number of benzene rings is 1. The number of H-pyrrole nitrogens is 1. The van der Waals surface area contributed by atoms with E-state index in [2.05, 4.69) is 9.72 Å². The number of aryl methyl sites for hydroxylation is 1. The Morgan fingerprint density at radius 1 is 1.22 bits per heavy atom. The summed E-state index contributed by atoms with van der Waals surface area (Å²) in [6, 6.07) is 7.30. The smallest absolute Gasteiger partial charge is 0.387 e. The van der Waals surface area contributed by atoms with Crippen LogP contribution in [0.2, 0.25) is 0 Å². The number of rotatable bonds is 6. The van der Waals surface area contributed by atoms with Crippen LogP contribution in [-0.2, 0) is 4.74 Å². The Bertz CT molecular complexity index is 938. The lowest BCUT2D eigenvalue weighted by atomic mass is 10.0. The Balaban J connectivity index is 2.35. The first-order valence-corrected chi connectivity index (χ1v) is 7.77. The molecule has 0 aliphatic heterocycles. The number of carbonyl (C=O) groups excluding carboxylic acids is 2. The van der Waals surface area contributed by atoms with Gasteiger partial charge in [0, 0.05) is 5.69 Å². The average Bonchev–Trinajstić information content (AvgIpc) is 2.93. The number of esters is 1. The van der Waals surface area contributed by atoms with E-state index in [1.807, 2.05) is 6.07 Å². The zero-order valence-electron chi connectivity index (χ0n) is 14.8. The maximum atomic E-state index is 12.7. The first kappa shape index (κ1) is 19.8. The molecule has 2 rings (SSSR count). The number of alkyl halides is 2. The van der Waals surface area contributed by atoms with Gasteiger partial charge in [0.2, 0.25) is 5.78 Å². The summed E-state index contributed by atoms with van der Waals surface area (Å²) in [4.78, 5) is 27.3. The van der Waals surface area contributed by atoms with Crippen LogP contribution in [0.3, 0.4) is 0 Å². The number of allylic oxidation sites excluding steroid dienone is 1. The minimum Gasteiger partial charge on any atom is -0.465 e. The van der Waals surface area contributed by atoms with Crippen molar-refractivity contribution in [2.24, 2.45) is 0 Å². The number of aromatic nitrogens is 1. The molecular formula is C19H16F2N2O4. The molecule has 8 heteroatoms. The number of nitrogens with zero attached hydrogens (tertiary/aromatic N) is 1. The molecule has 0 saturated carbocycles. The predicted molar refractivity (Wildman–Crippen MR) is 92.6 cm³/mol. The molecule has 0 radical (unpaired) electrons. The monoisotopic (exact) mass is 374 g/mol. The average molecular weight is 374 g/mol. The van der Waals surface area contributed by atoms with Gasteiger partial charge >= 0.3 is 12.6 Å². The summed E-state index contributed by atoms with van der Waals surface area (Å²) in [6.45, 7) is 0.257. The van der Waals surface area contributed by atoms with E-state index in [-0.39, 0.29) is 22.6 Å². The van der Waals surface area contributed by atoms with Crippen molar-refractivity contribution >= 4 is 17.8 Å². The molecule has 0 fully saturated rings. The number of ketones is 1. The van der Waals surface area contributed by atoms with Crippen LogP contribution < -0.4 is 4.74 Å². The molecule has 1 aromatic heterocycles. The van der Waals surface area contributed by atoms with Gasteiger partial charge in [0.15, 0.2) is 0 Å². The van der Waals surface area contributed by atoms with E-state index >= 15 is 0 Å². The van der Waals surface area contributed by atoms with Crippen LogP contribution in [0.5, 0.6) is 5.75 Å². The summed E-state index contributed by atoms with van der Waals surface area (Å²) in [5, 5.41) is 9.35. The summed E-state index contributed by atoms with van der Waals surface area (Å²) in [7, 11) is 1.23. The molecule has 1 heterocycles. The van der Waals surface area contributed by atoms with Crippen molar-refractivity contribution in [3.8, 4) is 11.8 Å². The van der Waals surface area contributed by atoms with Gasteiger partial charge in [-0.25, -0.2) is 4.79 Å².